The van der Waals surface area contributed by atoms with Crippen LogP contribution in [0.4, 0.5) is 5.69 Å². The van der Waals surface area contributed by atoms with E-state index < -0.39 is 0 Å². The summed E-state index contributed by atoms with van der Waals surface area (Å²) in [6, 6.07) is 22.1. The van der Waals surface area contributed by atoms with Crippen LogP contribution in [0.25, 0.3) is 0 Å². The first-order valence-corrected chi connectivity index (χ1v) is 11.3. The highest BCUT2D eigenvalue weighted by Crippen LogP contribution is 2.27. The fourth-order valence-electron chi connectivity index (χ4n) is 4.67. The van der Waals surface area contributed by atoms with Gasteiger partial charge >= 0.3 is 0 Å². The van der Waals surface area contributed by atoms with Gasteiger partial charge in [-0.15, -0.1) is 0 Å². The third kappa shape index (κ3) is 4.18. The van der Waals surface area contributed by atoms with Crippen molar-refractivity contribution in [3.05, 3.63) is 89.7 Å². The number of benzene rings is 2. The number of hydrogen-bond acceptors (Lipinski definition) is 3. The van der Waals surface area contributed by atoms with E-state index in [9.17, 15) is 9.59 Å². The van der Waals surface area contributed by atoms with Crippen molar-refractivity contribution in [3.63, 3.8) is 0 Å². The van der Waals surface area contributed by atoms with Crippen LogP contribution in [0.2, 0.25) is 0 Å². The minimum atomic E-state index is 0.0605. The number of carbonyl (C=O) groups excluding carboxylic acids is 2. The Morgan fingerprint density at radius 2 is 1.53 bits per heavy atom. The lowest BCUT2D eigenvalue weighted by atomic mass is 10.2. The van der Waals surface area contributed by atoms with Crippen LogP contribution in [0.15, 0.2) is 72.9 Å². The lowest BCUT2D eigenvalue weighted by Gasteiger charge is -2.35. The van der Waals surface area contributed by atoms with E-state index in [-0.39, 0.29) is 11.8 Å². The Morgan fingerprint density at radius 1 is 0.781 bits per heavy atom. The second-order valence-corrected chi connectivity index (χ2v) is 8.50. The average molecular weight is 429 g/mol. The van der Waals surface area contributed by atoms with Crippen molar-refractivity contribution in [1.82, 2.24) is 14.4 Å². The SMILES string of the molecule is O=C(c1cccn1Cc1ccccc1)N1CCN(CC(=O)N2CCc3ccccc32)CC1. The first kappa shape index (κ1) is 20.5. The normalized spacial score (nSPS) is 16.2. The maximum Gasteiger partial charge on any atom is 0.270 e. The number of fused-ring (bicyclic) bond motifs is 1. The molecule has 2 aliphatic rings. The van der Waals surface area contributed by atoms with Crippen LogP contribution in [-0.2, 0) is 17.8 Å². The second-order valence-electron chi connectivity index (χ2n) is 8.50. The molecule has 3 aromatic rings. The molecule has 0 spiro atoms. The molecule has 1 fully saturated rings. The van der Waals surface area contributed by atoms with E-state index in [1.54, 1.807) is 0 Å². The molecular formula is C26H28N4O2. The Kier molecular flexibility index (Phi) is 5.77. The zero-order valence-electron chi connectivity index (χ0n) is 18.2. The average Bonchev–Trinajstić information content (AvgIpc) is 3.47. The number of para-hydroxylation sites is 1. The topological polar surface area (TPSA) is 48.8 Å². The van der Waals surface area contributed by atoms with Gasteiger partial charge in [0.15, 0.2) is 0 Å². The van der Waals surface area contributed by atoms with Crippen LogP contribution in [0.1, 0.15) is 21.6 Å². The number of piperazine rings is 1. The number of anilines is 1. The molecule has 3 heterocycles. The summed E-state index contributed by atoms with van der Waals surface area (Å²) in [6.07, 6.45) is 2.88. The summed E-state index contributed by atoms with van der Waals surface area (Å²) in [5, 5.41) is 0. The lowest BCUT2D eigenvalue weighted by Crippen LogP contribution is -2.51. The summed E-state index contributed by atoms with van der Waals surface area (Å²) in [5.74, 6) is 0.205. The summed E-state index contributed by atoms with van der Waals surface area (Å²) in [6.45, 7) is 4.55. The molecule has 0 bridgehead atoms. The third-order valence-electron chi connectivity index (χ3n) is 6.45. The van der Waals surface area contributed by atoms with E-state index in [0.717, 1.165) is 18.7 Å². The van der Waals surface area contributed by atoms with Gasteiger partial charge in [-0.25, -0.2) is 0 Å². The predicted molar refractivity (Wildman–Crippen MR) is 125 cm³/mol. The largest absolute Gasteiger partial charge is 0.339 e. The maximum absolute atomic E-state index is 13.2. The van der Waals surface area contributed by atoms with E-state index in [4.69, 9.17) is 0 Å². The molecule has 1 aromatic heterocycles. The van der Waals surface area contributed by atoms with Crippen LogP contribution >= 0.6 is 0 Å². The molecule has 0 aliphatic carbocycles. The smallest absolute Gasteiger partial charge is 0.270 e. The number of hydrogen-bond donors (Lipinski definition) is 0. The van der Waals surface area contributed by atoms with Gasteiger partial charge < -0.3 is 14.4 Å². The summed E-state index contributed by atoms with van der Waals surface area (Å²) in [7, 11) is 0. The van der Waals surface area contributed by atoms with Crippen LogP contribution in [-0.4, -0.2) is 65.4 Å². The molecular weight excluding hydrogens is 400 g/mol. The Labute approximate surface area is 188 Å². The molecule has 32 heavy (non-hydrogen) atoms. The van der Waals surface area contributed by atoms with Gasteiger partial charge in [-0.3, -0.25) is 14.5 Å². The number of carbonyl (C=O) groups is 2. The first-order valence-electron chi connectivity index (χ1n) is 11.3. The minimum absolute atomic E-state index is 0.0605. The van der Waals surface area contributed by atoms with E-state index in [0.29, 0.717) is 45.0 Å². The van der Waals surface area contributed by atoms with Crippen molar-refractivity contribution in [2.45, 2.75) is 13.0 Å². The van der Waals surface area contributed by atoms with Crippen molar-refractivity contribution in [1.29, 1.82) is 0 Å². The highest BCUT2D eigenvalue weighted by Gasteiger charge is 2.28. The molecule has 6 nitrogen and oxygen atoms in total. The zero-order valence-corrected chi connectivity index (χ0v) is 18.2. The highest BCUT2D eigenvalue weighted by atomic mass is 16.2. The molecule has 0 N–H and O–H groups in total. The quantitative estimate of drug-likeness (QED) is 0.628. The molecule has 0 atom stereocenters. The van der Waals surface area contributed by atoms with E-state index >= 15 is 0 Å². The van der Waals surface area contributed by atoms with Crippen molar-refractivity contribution in [2.24, 2.45) is 0 Å². The van der Waals surface area contributed by atoms with Crippen molar-refractivity contribution in [3.8, 4) is 0 Å². The lowest BCUT2D eigenvalue weighted by molar-refractivity contribution is -0.120. The molecule has 1 saturated heterocycles. The van der Waals surface area contributed by atoms with Gasteiger partial charge in [0.2, 0.25) is 5.91 Å². The number of aromatic nitrogens is 1. The standard InChI is InChI=1S/C26H28N4O2/c31-25(30-14-12-22-9-4-5-10-23(22)30)20-27-15-17-28(18-16-27)26(32)24-11-6-13-29(24)19-21-7-2-1-3-8-21/h1-11,13H,12,14-20H2. The van der Waals surface area contributed by atoms with E-state index in [1.165, 1.54) is 11.1 Å². The van der Waals surface area contributed by atoms with Gasteiger partial charge in [0.05, 0.1) is 6.54 Å². The van der Waals surface area contributed by atoms with Crippen molar-refractivity contribution in [2.75, 3.05) is 44.2 Å². The fourth-order valence-corrected chi connectivity index (χ4v) is 4.67. The summed E-state index contributed by atoms with van der Waals surface area (Å²) in [5.41, 5.74) is 4.18. The Bertz CT molecular complexity index is 1100. The molecule has 0 radical (unpaired) electrons. The van der Waals surface area contributed by atoms with Crippen LogP contribution in [0, 0.1) is 0 Å². The monoisotopic (exact) mass is 428 g/mol. The highest BCUT2D eigenvalue weighted by molar-refractivity contribution is 5.97. The maximum atomic E-state index is 13.2. The van der Waals surface area contributed by atoms with Gasteiger partial charge in [-0.05, 0) is 35.7 Å². The molecule has 2 aliphatic heterocycles. The molecule has 0 unspecified atom stereocenters. The number of amides is 2. The summed E-state index contributed by atoms with van der Waals surface area (Å²) < 4.78 is 2.01. The van der Waals surface area contributed by atoms with Gasteiger partial charge in [0.25, 0.3) is 5.91 Å². The molecule has 2 aromatic carbocycles. The third-order valence-corrected chi connectivity index (χ3v) is 6.45. The number of nitrogens with zero attached hydrogens (tertiary/aromatic N) is 4. The van der Waals surface area contributed by atoms with Gasteiger partial charge in [-0.1, -0.05) is 48.5 Å². The molecule has 6 heteroatoms. The van der Waals surface area contributed by atoms with E-state index in [1.807, 2.05) is 69.1 Å². The fraction of sp³-hybridized carbons (Fsp3) is 0.308. The van der Waals surface area contributed by atoms with Gasteiger partial charge in [0.1, 0.15) is 5.69 Å². The minimum Gasteiger partial charge on any atom is -0.339 e. The van der Waals surface area contributed by atoms with Crippen LogP contribution in [0.5, 0.6) is 0 Å². The summed E-state index contributed by atoms with van der Waals surface area (Å²) >= 11 is 0. The Morgan fingerprint density at radius 3 is 2.34 bits per heavy atom. The van der Waals surface area contributed by atoms with Crippen molar-refractivity contribution < 1.29 is 9.59 Å². The van der Waals surface area contributed by atoms with E-state index in [2.05, 4.69) is 23.1 Å². The van der Waals surface area contributed by atoms with Crippen LogP contribution < -0.4 is 4.90 Å². The van der Waals surface area contributed by atoms with Gasteiger partial charge in [0, 0.05) is 51.2 Å². The molecule has 164 valence electrons. The first-order chi connectivity index (χ1) is 15.7. The Hall–Kier alpha value is -3.38. The predicted octanol–water partition coefficient (Wildman–Crippen LogP) is 2.88. The van der Waals surface area contributed by atoms with Crippen molar-refractivity contribution >= 4 is 17.5 Å². The summed E-state index contributed by atoms with van der Waals surface area (Å²) in [4.78, 5) is 32.0. The number of rotatable bonds is 5. The Balaban J connectivity index is 1.17. The molecule has 5 rings (SSSR count). The second kappa shape index (κ2) is 9.01. The zero-order chi connectivity index (χ0) is 21.9. The van der Waals surface area contributed by atoms with Crippen LogP contribution in [0.3, 0.4) is 0 Å². The van der Waals surface area contributed by atoms with Gasteiger partial charge in [-0.2, -0.15) is 0 Å². The molecule has 2 amide bonds. The molecule has 0 saturated carbocycles.